The first-order valence-corrected chi connectivity index (χ1v) is 9.56. The lowest BCUT2D eigenvalue weighted by molar-refractivity contribution is -0.123. The van der Waals surface area contributed by atoms with Gasteiger partial charge in [-0.15, -0.1) is 0 Å². The second-order valence-corrected chi connectivity index (χ2v) is 8.68. The first-order chi connectivity index (χ1) is 12.2. The summed E-state index contributed by atoms with van der Waals surface area (Å²) in [6.45, 7) is 10.5. The van der Waals surface area contributed by atoms with Crippen LogP contribution in [0.1, 0.15) is 59.1 Å². The molecule has 2 aliphatic rings. The Morgan fingerprint density at radius 2 is 1.73 bits per heavy atom. The minimum atomic E-state index is -0.0561. The highest BCUT2D eigenvalue weighted by Gasteiger charge is 2.60. The van der Waals surface area contributed by atoms with Crippen molar-refractivity contribution in [3.63, 3.8) is 0 Å². The van der Waals surface area contributed by atoms with Crippen molar-refractivity contribution in [2.45, 2.75) is 53.5 Å². The van der Waals surface area contributed by atoms with Crippen LogP contribution < -0.4 is 10.6 Å². The van der Waals surface area contributed by atoms with Crippen molar-refractivity contribution in [2.75, 3.05) is 5.32 Å². The number of nitrogens with one attached hydrogen (secondary N) is 2. The minimum absolute atomic E-state index is 0.0258. The Morgan fingerprint density at radius 3 is 2.27 bits per heavy atom. The molecule has 0 aromatic heterocycles. The van der Waals surface area contributed by atoms with Gasteiger partial charge in [0.2, 0.25) is 11.8 Å². The number of allylic oxidation sites excluding steroid dienone is 2. The average molecular weight is 354 g/mol. The van der Waals surface area contributed by atoms with E-state index in [9.17, 15) is 9.59 Å². The third kappa shape index (κ3) is 4.00. The number of rotatable bonds is 6. The van der Waals surface area contributed by atoms with Gasteiger partial charge in [0.25, 0.3) is 0 Å². The van der Waals surface area contributed by atoms with Crippen LogP contribution in [0.4, 0.5) is 5.69 Å². The van der Waals surface area contributed by atoms with Gasteiger partial charge in [0.05, 0.1) is 12.0 Å². The van der Waals surface area contributed by atoms with Crippen LogP contribution in [0.2, 0.25) is 0 Å². The van der Waals surface area contributed by atoms with Gasteiger partial charge in [0, 0.05) is 11.6 Å². The van der Waals surface area contributed by atoms with Crippen LogP contribution >= 0.6 is 0 Å². The number of carbonyl (C=O) groups excluding carboxylic acids is 2. The molecule has 0 radical (unpaired) electrons. The van der Waals surface area contributed by atoms with E-state index in [1.165, 1.54) is 5.57 Å². The molecule has 4 heteroatoms. The zero-order chi connectivity index (χ0) is 19.1. The van der Waals surface area contributed by atoms with Crippen molar-refractivity contribution < 1.29 is 9.59 Å². The monoisotopic (exact) mass is 354 g/mol. The van der Waals surface area contributed by atoms with Gasteiger partial charge in [-0.25, -0.2) is 0 Å². The molecule has 0 heterocycles. The lowest BCUT2D eigenvalue weighted by Crippen LogP contribution is -2.29. The van der Waals surface area contributed by atoms with Crippen LogP contribution in [0, 0.1) is 23.2 Å². The van der Waals surface area contributed by atoms with Crippen LogP contribution in [-0.2, 0) is 9.59 Å². The highest BCUT2D eigenvalue weighted by atomic mass is 16.2. The highest BCUT2D eigenvalue weighted by molar-refractivity contribution is 5.94. The zero-order valence-electron chi connectivity index (χ0n) is 16.4. The summed E-state index contributed by atoms with van der Waals surface area (Å²) < 4.78 is 0. The smallest absolute Gasteiger partial charge is 0.227 e. The Balaban J connectivity index is 1.57. The fraction of sp³-hybridized carbons (Fsp3) is 0.545. The number of amides is 2. The zero-order valence-corrected chi connectivity index (χ0v) is 16.4. The third-order valence-corrected chi connectivity index (χ3v) is 5.69. The maximum atomic E-state index is 12.7. The number of hydrogen-bond acceptors (Lipinski definition) is 2. The molecule has 2 N–H and O–H groups in total. The molecule has 0 saturated heterocycles. The second kappa shape index (κ2) is 6.90. The first kappa shape index (κ1) is 18.7. The minimum Gasteiger partial charge on any atom is -0.349 e. The number of carbonyl (C=O) groups is 2. The Kier molecular flexibility index (Phi) is 4.96. The van der Waals surface area contributed by atoms with Crippen LogP contribution in [0.15, 0.2) is 35.9 Å². The molecule has 2 aliphatic carbocycles. The molecule has 2 saturated carbocycles. The van der Waals surface area contributed by atoms with Gasteiger partial charge >= 0.3 is 0 Å². The maximum absolute atomic E-state index is 12.7. The topological polar surface area (TPSA) is 58.2 Å². The fourth-order valence-corrected chi connectivity index (χ4v) is 3.68. The molecular formula is C22H30N2O2. The molecule has 3 unspecified atom stereocenters. The van der Waals surface area contributed by atoms with E-state index in [1.807, 2.05) is 31.2 Å². The number of benzene rings is 1. The summed E-state index contributed by atoms with van der Waals surface area (Å²) in [5.74, 6) is 0.789. The molecule has 1 aromatic carbocycles. The van der Waals surface area contributed by atoms with Crippen molar-refractivity contribution >= 4 is 17.5 Å². The molecular weight excluding hydrogens is 324 g/mol. The van der Waals surface area contributed by atoms with Gasteiger partial charge < -0.3 is 10.6 Å². The van der Waals surface area contributed by atoms with E-state index in [-0.39, 0.29) is 35.1 Å². The van der Waals surface area contributed by atoms with E-state index >= 15 is 0 Å². The van der Waals surface area contributed by atoms with E-state index in [2.05, 4.69) is 44.4 Å². The molecule has 1 aromatic rings. The highest BCUT2D eigenvalue weighted by Crippen LogP contribution is 2.59. The normalized spacial score (nSPS) is 24.3. The van der Waals surface area contributed by atoms with E-state index in [4.69, 9.17) is 0 Å². The Labute approximate surface area is 156 Å². The second-order valence-electron chi connectivity index (χ2n) is 8.68. The van der Waals surface area contributed by atoms with Gasteiger partial charge in [-0.3, -0.25) is 9.59 Å². The van der Waals surface area contributed by atoms with Gasteiger partial charge in [0.15, 0.2) is 0 Å². The maximum Gasteiger partial charge on any atom is 0.227 e. The Morgan fingerprint density at radius 1 is 1.12 bits per heavy atom. The molecule has 0 bridgehead atoms. The van der Waals surface area contributed by atoms with Gasteiger partial charge in [-0.2, -0.15) is 0 Å². The van der Waals surface area contributed by atoms with E-state index < -0.39 is 0 Å². The third-order valence-electron chi connectivity index (χ3n) is 5.69. The van der Waals surface area contributed by atoms with Crippen molar-refractivity contribution in [3.05, 3.63) is 41.5 Å². The summed E-state index contributed by atoms with van der Waals surface area (Å²) in [5, 5.41) is 6.09. The van der Waals surface area contributed by atoms with Gasteiger partial charge in [0.1, 0.15) is 0 Å². The van der Waals surface area contributed by atoms with Crippen LogP contribution in [-0.4, -0.2) is 11.8 Å². The Bertz CT molecular complexity index is 725. The summed E-state index contributed by atoms with van der Waals surface area (Å²) >= 11 is 0. The molecule has 3 atom stereocenters. The predicted molar refractivity (Wildman–Crippen MR) is 105 cm³/mol. The van der Waals surface area contributed by atoms with Crippen LogP contribution in [0.3, 0.4) is 0 Å². The Hall–Kier alpha value is -2.10. The quantitative estimate of drug-likeness (QED) is 0.742. The van der Waals surface area contributed by atoms with Crippen molar-refractivity contribution in [3.8, 4) is 0 Å². The number of hydrogen-bond donors (Lipinski definition) is 2. The molecule has 3 rings (SSSR count). The SMILES string of the molecule is CC(C)=CC1C(C(=O)NC(C)c2ccc(NC(=O)C3CC3)cc2)C1(C)C. The lowest BCUT2D eigenvalue weighted by Gasteiger charge is -2.16. The van der Waals surface area contributed by atoms with Crippen molar-refractivity contribution in [1.82, 2.24) is 5.32 Å². The van der Waals surface area contributed by atoms with Crippen molar-refractivity contribution in [2.24, 2.45) is 23.2 Å². The molecule has 4 nitrogen and oxygen atoms in total. The molecule has 0 aliphatic heterocycles. The molecule has 2 fully saturated rings. The first-order valence-electron chi connectivity index (χ1n) is 9.56. The van der Waals surface area contributed by atoms with Crippen LogP contribution in [0.5, 0.6) is 0 Å². The summed E-state index contributed by atoms with van der Waals surface area (Å²) in [7, 11) is 0. The van der Waals surface area contributed by atoms with Gasteiger partial charge in [-0.05, 0) is 62.6 Å². The van der Waals surface area contributed by atoms with Crippen LogP contribution in [0.25, 0.3) is 0 Å². The molecule has 140 valence electrons. The van der Waals surface area contributed by atoms with Gasteiger partial charge in [-0.1, -0.05) is 37.6 Å². The van der Waals surface area contributed by atoms with E-state index in [0.717, 1.165) is 24.1 Å². The summed E-state index contributed by atoms with van der Waals surface area (Å²) in [4.78, 5) is 24.5. The van der Waals surface area contributed by atoms with E-state index in [1.54, 1.807) is 0 Å². The van der Waals surface area contributed by atoms with E-state index in [0.29, 0.717) is 5.92 Å². The summed E-state index contributed by atoms with van der Waals surface area (Å²) in [6.07, 6.45) is 4.21. The molecule has 2 amide bonds. The largest absolute Gasteiger partial charge is 0.349 e. The lowest BCUT2D eigenvalue weighted by atomic mass is 10.1. The predicted octanol–water partition coefficient (Wildman–Crippen LogP) is 4.45. The fourth-order valence-electron chi connectivity index (χ4n) is 3.68. The average Bonchev–Trinajstić information content (AvgIpc) is 3.45. The van der Waals surface area contributed by atoms with Crippen molar-refractivity contribution in [1.29, 1.82) is 0 Å². The number of anilines is 1. The molecule has 0 spiro atoms. The standard InChI is InChI=1S/C22H30N2O2/c1-13(2)12-18-19(22(18,4)5)21(26)23-14(3)15-8-10-17(11-9-15)24-20(25)16-6-7-16/h8-12,14,16,18-19H,6-7H2,1-5H3,(H,23,26)(H,24,25). The molecule has 26 heavy (non-hydrogen) atoms. The summed E-state index contributed by atoms with van der Waals surface area (Å²) in [6, 6.07) is 7.70. The summed E-state index contributed by atoms with van der Waals surface area (Å²) in [5.41, 5.74) is 3.14.